The van der Waals surface area contributed by atoms with E-state index in [1.54, 1.807) is 0 Å². The predicted octanol–water partition coefficient (Wildman–Crippen LogP) is 0.390. The Morgan fingerprint density at radius 2 is 2.58 bits per heavy atom. The second-order valence-electron chi connectivity index (χ2n) is 2.88. The van der Waals surface area contributed by atoms with Gasteiger partial charge < -0.3 is 10.7 Å². The molecule has 0 saturated carbocycles. The summed E-state index contributed by atoms with van der Waals surface area (Å²) in [5, 5.41) is 5.50. The highest BCUT2D eigenvalue weighted by molar-refractivity contribution is 8.11. The minimum atomic E-state index is 0.531. The average molecular weight is 205 g/mol. The minimum Gasteiger partial charge on any atom is -0.314 e. The van der Waals surface area contributed by atoms with Crippen molar-refractivity contribution >= 4 is 29.2 Å². The molecule has 0 spiro atoms. The van der Waals surface area contributed by atoms with E-state index in [0.717, 1.165) is 26.1 Å². The van der Waals surface area contributed by atoms with E-state index in [1.807, 2.05) is 0 Å². The van der Waals surface area contributed by atoms with Crippen molar-refractivity contribution < 1.29 is 0 Å². The SMILES string of the molecule is CCC1CNCCN1NC(=S)S. The zero-order valence-electron chi connectivity index (χ0n) is 7.21. The highest BCUT2D eigenvalue weighted by atomic mass is 32.1. The maximum absolute atomic E-state index is 4.87. The number of nitrogens with one attached hydrogen (secondary N) is 2. The smallest absolute Gasteiger partial charge is 0.145 e. The first-order valence-electron chi connectivity index (χ1n) is 4.21. The van der Waals surface area contributed by atoms with E-state index >= 15 is 0 Å². The molecule has 2 N–H and O–H groups in total. The summed E-state index contributed by atoms with van der Waals surface area (Å²) in [6.45, 7) is 5.20. The molecule has 1 aliphatic rings. The van der Waals surface area contributed by atoms with Crippen molar-refractivity contribution in [2.75, 3.05) is 19.6 Å². The van der Waals surface area contributed by atoms with Gasteiger partial charge in [-0.3, -0.25) is 0 Å². The molecule has 1 atom stereocenters. The van der Waals surface area contributed by atoms with Crippen LogP contribution in [0.4, 0.5) is 0 Å². The highest BCUT2D eigenvalue weighted by Gasteiger charge is 2.19. The van der Waals surface area contributed by atoms with Crippen LogP contribution in [0.1, 0.15) is 13.3 Å². The Balaban J connectivity index is 2.41. The summed E-state index contributed by atoms with van der Waals surface area (Å²) in [4.78, 5) is 0. The Bertz CT molecular complexity index is 163. The molecular formula is C7H15N3S2. The van der Waals surface area contributed by atoms with Crippen molar-refractivity contribution in [3.63, 3.8) is 0 Å². The van der Waals surface area contributed by atoms with Gasteiger partial charge >= 0.3 is 0 Å². The molecule has 70 valence electrons. The number of nitrogens with zero attached hydrogens (tertiary/aromatic N) is 1. The van der Waals surface area contributed by atoms with Gasteiger partial charge in [0.05, 0.1) is 0 Å². The van der Waals surface area contributed by atoms with Gasteiger partial charge in [0.2, 0.25) is 0 Å². The maximum atomic E-state index is 4.87. The summed E-state index contributed by atoms with van der Waals surface area (Å²) in [7, 11) is 0. The molecule has 0 amide bonds. The van der Waals surface area contributed by atoms with Gasteiger partial charge in [-0.2, -0.15) is 0 Å². The zero-order chi connectivity index (χ0) is 8.97. The molecule has 12 heavy (non-hydrogen) atoms. The second-order valence-corrected chi connectivity index (χ2v) is 4.03. The monoisotopic (exact) mass is 205 g/mol. The van der Waals surface area contributed by atoms with Crippen molar-refractivity contribution in [1.29, 1.82) is 0 Å². The standard InChI is InChI=1S/C7H15N3S2/c1-2-6-5-8-3-4-10(6)9-7(11)12/h6,8H,2-5H2,1H3,(H2,9,11,12). The fourth-order valence-corrected chi connectivity index (χ4v) is 1.64. The Kier molecular flexibility index (Phi) is 4.28. The number of hydrogen-bond donors (Lipinski definition) is 3. The lowest BCUT2D eigenvalue weighted by molar-refractivity contribution is 0.129. The molecular weight excluding hydrogens is 190 g/mol. The Hall–Kier alpha value is 0.160. The van der Waals surface area contributed by atoms with Crippen molar-refractivity contribution in [1.82, 2.24) is 15.8 Å². The minimum absolute atomic E-state index is 0.531. The van der Waals surface area contributed by atoms with Gasteiger partial charge in [-0.15, -0.1) is 12.6 Å². The van der Waals surface area contributed by atoms with E-state index in [4.69, 9.17) is 12.2 Å². The number of thiol groups is 1. The molecule has 0 aromatic heterocycles. The number of hydrazine groups is 1. The maximum Gasteiger partial charge on any atom is 0.145 e. The zero-order valence-corrected chi connectivity index (χ0v) is 8.92. The van der Waals surface area contributed by atoms with Gasteiger partial charge in [-0.25, -0.2) is 5.01 Å². The predicted molar refractivity (Wildman–Crippen MR) is 58.4 cm³/mol. The summed E-state index contributed by atoms with van der Waals surface area (Å²) >= 11 is 8.91. The van der Waals surface area contributed by atoms with Crippen LogP contribution in [-0.2, 0) is 0 Å². The van der Waals surface area contributed by atoms with Crippen molar-refractivity contribution in [3.8, 4) is 0 Å². The summed E-state index contributed by atoms with van der Waals surface area (Å²) < 4.78 is 0.551. The van der Waals surface area contributed by atoms with Crippen molar-refractivity contribution in [2.24, 2.45) is 0 Å². The van der Waals surface area contributed by atoms with Crippen LogP contribution in [0.3, 0.4) is 0 Å². The molecule has 0 aromatic rings. The van der Waals surface area contributed by atoms with Crippen molar-refractivity contribution in [2.45, 2.75) is 19.4 Å². The molecule has 0 aromatic carbocycles. The summed E-state index contributed by atoms with van der Waals surface area (Å²) in [5.41, 5.74) is 3.07. The molecule has 5 heteroatoms. The lowest BCUT2D eigenvalue weighted by atomic mass is 10.2. The number of rotatable bonds is 2. The fraction of sp³-hybridized carbons (Fsp3) is 0.857. The third-order valence-corrected chi connectivity index (χ3v) is 2.25. The van der Waals surface area contributed by atoms with Crippen LogP contribution in [0.2, 0.25) is 0 Å². The first-order valence-corrected chi connectivity index (χ1v) is 5.06. The van der Waals surface area contributed by atoms with Gasteiger partial charge in [0, 0.05) is 25.7 Å². The molecule has 1 saturated heterocycles. The number of hydrogen-bond acceptors (Lipinski definition) is 3. The largest absolute Gasteiger partial charge is 0.314 e. The van der Waals surface area contributed by atoms with E-state index in [9.17, 15) is 0 Å². The average Bonchev–Trinajstić information content (AvgIpc) is 2.04. The normalized spacial score (nSPS) is 25.3. The topological polar surface area (TPSA) is 27.3 Å². The first-order chi connectivity index (χ1) is 5.74. The fourth-order valence-electron chi connectivity index (χ4n) is 1.40. The Labute approximate surface area is 84.3 Å². The van der Waals surface area contributed by atoms with E-state index < -0.39 is 0 Å². The van der Waals surface area contributed by atoms with E-state index in [-0.39, 0.29) is 0 Å². The van der Waals surface area contributed by atoms with Gasteiger partial charge in [0.1, 0.15) is 4.32 Å². The summed E-state index contributed by atoms with van der Waals surface area (Å²) in [5.74, 6) is 0. The second kappa shape index (κ2) is 5.01. The third-order valence-electron chi connectivity index (χ3n) is 2.06. The molecule has 1 fully saturated rings. The van der Waals surface area contributed by atoms with Crippen LogP contribution in [0.5, 0.6) is 0 Å². The van der Waals surface area contributed by atoms with Crippen molar-refractivity contribution in [3.05, 3.63) is 0 Å². The molecule has 0 aliphatic carbocycles. The number of piperazine rings is 1. The molecule has 1 heterocycles. The van der Waals surface area contributed by atoms with Crippen LogP contribution < -0.4 is 10.7 Å². The van der Waals surface area contributed by atoms with E-state index in [2.05, 4.69) is 35.3 Å². The Morgan fingerprint density at radius 1 is 1.83 bits per heavy atom. The van der Waals surface area contributed by atoms with E-state index in [1.165, 1.54) is 0 Å². The van der Waals surface area contributed by atoms with Crippen LogP contribution in [0.25, 0.3) is 0 Å². The molecule has 1 unspecified atom stereocenters. The third kappa shape index (κ3) is 2.90. The molecule has 0 radical (unpaired) electrons. The molecule has 1 aliphatic heterocycles. The van der Waals surface area contributed by atoms with Crippen LogP contribution in [0, 0.1) is 0 Å². The Morgan fingerprint density at radius 3 is 3.17 bits per heavy atom. The van der Waals surface area contributed by atoms with E-state index in [0.29, 0.717) is 10.4 Å². The van der Waals surface area contributed by atoms with Crippen LogP contribution in [-0.4, -0.2) is 35.0 Å². The van der Waals surface area contributed by atoms with Gasteiger partial charge in [0.25, 0.3) is 0 Å². The van der Waals surface area contributed by atoms with Gasteiger partial charge in [-0.05, 0) is 6.42 Å². The summed E-state index contributed by atoms with van der Waals surface area (Å²) in [6, 6.07) is 0.531. The molecule has 3 nitrogen and oxygen atoms in total. The lowest BCUT2D eigenvalue weighted by Gasteiger charge is -2.35. The molecule has 1 rings (SSSR count). The number of thiocarbonyl (C=S) groups is 1. The van der Waals surface area contributed by atoms with Gasteiger partial charge in [-0.1, -0.05) is 19.1 Å². The molecule has 0 bridgehead atoms. The van der Waals surface area contributed by atoms with Crippen LogP contribution in [0.15, 0.2) is 0 Å². The van der Waals surface area contributed by atoms with Crippen LogP contribution >= 0.6 is 24.8 Å². The lowest BCUT2D eigenvalue weighted by Crippen LogP contribution is -2.57. The first kappa shape index (κ1) is 10.2. The quantitative estimate of drug-likeness (QED) is 0.449. The van der Waals surface area contributed by atoms with Gasteiger partial charge in [0.15, 0.2) is 0 Å². The summed E-state index contributed by atoms with van der Waals surface area (Å²) in [6.07, 6.45) is 1.12. The highest BCUT2D eigenvalue weighted by Crippen LogP contribution is 2.03.